The van der Waals surface area contributed by atoms with Gasteiger partial charge in [0.15, 0.2) is 0 Å². The first-order valence-corrected chi connectivity index (χ1v) is 11.7. The van der Waals surface area contributed by atoms with Gasteiger partial charge in [-0.3, -0.25) is 20.4 Å². The summed E-state index contributed by atoms with van der Waals surface area (Å²) in [5.74, 6) is 3.41. The summed E-state index contributed by atoms with van der Waals surface area (Å²) >= 11 is 8.95. The van der Waals surface area contributed by atoms with E-state index in [2.05, 4.69) is 10.9 Å². The Morgan fingerprint density at radius 3 is 2.27 bits per heavy atom. The van der Waals surface area contributed by atoms with E-state index in [1.807, 2.05) is 12.1 Å². The number of amides is 2. The molecule has 4 nitrogen and oxygen atoms in total. The molecule has 1 aromatic heterocycles. The van der Waals surface area contributed by atoms with Gasteiger partial charge in [-0.25, -0.2) is 0 Å². The van der Waals surface area contributed by atoms with Gasteiger partial charge in [-0.15, -0.1) is 23.1 Å². The average molecular weight is 413 g/mol. The number of thioether (sulfide) groups is 1. The second-order valence-electron chi connectivity index (χ2n) is 8.39. The zero-order valence-corrected chi connectivity index (χ0v) is 17.2. The van der Waals surface area contributed by atoms with Crippen molar-refractivity contribution in [1.29, 1.82) is 0 Å². The molecule has 142 valence electrons. The molecule has 1 heterocycles. The van der Waals surface area contributed by atoms with E-state index in [1.54, 1.807) is 0 Å². The highest BCUT2D eigenvalue weighted by atomic mass is 35.5. The SMILES string of the molecule is O=C(CSCc1ccc(Cl)s1)NNC(=O)CC12CC3CC(CC(C3)C1)C2. The van der Waals surface area contributed by atoms with Gasteiger partial charge in [0, 0.05) is 17.1 Å². The number of carbonyl (C=O) groups excluding carboxylic acids is 2. The van der Waals surface area contributed by atoms with Gasteiger partial charge in [-0.2, -0.15) is 0 Å². The average Bonchev–Trinajstić information content (AvgIpc) is 2.96. The van der Waals surface area contributed by atoms with Crippen LogP contribution in [0.4, 0.5) is 0 Å². The molecule has 0 saturated heterocycles. The van der Waals surface area contributed by atoms with Crippen LogP contribution in [0, 0.1) is 23.2 Å². The van der Waals surface area contributed by atoms with Crippen molar-refractivity contribution in [1.82, 2.24) is 10.9 Å². The number of nitrogens with one attached hydrogen (secondary N) is 2. The third-order valence-electron chi connectivity index (χ3n) is 6.15. The summed E-state index contributed by atoms with van der Waals surface area (Å²) in [5.41, 5.74) is 5.42. The fraction of sp³-hybridized carbons (Fsp3) is 0.684. The van der Waals surface area contributed by atoms with Gasteiger partial charge in [0.2, 0.25) is 11.8 Å². The largest absolute Gasteiger partial charge is 0.273 e. The van der Waals surface area contributed by atoms with Crippen LogP contribution < -0.4 is 10.9 Å². The Hall–Kier alpha value is -0.720. The quantitative estimate of drug-likeness (QED) is 0.681. The first kappa shape index (κ1) is 18.6. The lowest BCUT2D eigenvalue weighted by molar-refractivity contribution is -0.133. The Morgan fingerprint density at radius 1 is 1.08 bits per heavy atom. The predicted octanol–water partition coefficient (Wildman–Crippen LogP) is 4.39. The first-order valence-electron chi connectivity index (χ1n) is 9.39. The fourth-order valence-corrected chi connectivity index (χ4v) is 7.77. The van der Waals surface area contributed by atoms with Gasteiger partial charge in [-0.05, 0) is 73.8 Å². The molecule has 0 atom stereocenters. The number of hydrazine groups is 1. The van der Waals surface area contributed by atoms with Crippen molar-refractivity contribution >= 4 is 46.5 Å². The van der Waals surface area contributed by atoms with Crippen LogP contribution in [0.15, 0.2) is 12.1 Å². The summed E-state index contributed by atoms with van der Waals surface area (Å²) in [6, 6.07) is 3.85. The minimum absolute atomic E-state index is 0.0321. The van der Waals surface area contributed by atoms with E-state index in [0.29, 0.717) is 12.2 Å². The molecule has 26 heavy (non-hydrogen) atoms. The Morgan fingerprint density at radius 2 is 1.69 bits per heavy atom. The first-order chi connectivity index (χ1) is 12.5. The molecular weight excluding hydrogens is 388 g/mol. The number of carbonyl (C=O) groups is 2. The molecule has 4 saturated carbocycles. The highest BCUT2D eigenvalue weighted by Crippen LogP contribution is 2.61. The number of halogens is 1. The van der Waals surface area contributed by atoms with E-state index >= 15 is 0 Å². The molecule has 4 bridgehead atoms. The molecule has 7 heteroatoms. The van der Waals surface area contributed by atoms with E-state index in [4.69, 9.17) is 11.6 Å². The predicted molar refractivity (Wildman–Crippen MR) is 107 cm³/mol. The van der Waals surface area contributed by atoms with Crippen molar-refractivity contribution in [3.8, 4) is 0 Å². The Balaban J connectivity index is 1.17. The van der Waals surface area contributed by atoms with Crippen molar-refractivity contribution in [2.24, 2.45) is 23.2 Å². The molecule has 1 aromatic rings. The van der Waals surface area contributed by atoms with Gasteiger partial charge >= 0.3 is 0 Å². The molecule has 4 aliphatic carbocycles. The van der Waals surface area contributed by atoms with Crippen LogP contribution in [0.5, 0.6) is 0 Å². The molecule has 2 N–H and O–H groups in total. The number of hydrogen-bond acceptors (Lipinski definition) is 4. The maximum atomic E-state index is 12.4. The number of hydrogen-bond donors (Lipinski definition) is 2. The molecule has 0 aromatic carbocycles. The Labute approximate surface area is 167 Å². The van der Waals surface area contributed by atoms with Crippen LogP contribution in [0.2, 0.25) is 4.34 Å². The zero-order chi connectivity index (χ0) is 18.1. The lowest BCUT2D eigenvalue weighted by Crippen LogP contribution is -2.50. The third-order valence-corrected chi connectivity index (χ3v) is 8.54. The smallest absolute Gasteiger partial charge is 0.248 e. The highest BCUT2D eigenvalue weighted by molar-refractivity contribution is 7.99. The van der Waals surface area contributed by atoms with E-state index in [-0.39, 0.29) is 17.2 Å². The lowest BCUT2D eigenvalue weighted by Gasteiger charge is -2.56. The highest BCUT2D eigenvalue weighted by Gasteiger charge is 2.51. The fourth-order valence-electron chi connectivity index (χ4n) is 5.74. The van der Waals surface area contributed by atoms with Gasteiger partial charge < -0.3 is 0 Å². The van der Waals surface area contributed by atoms with E-state index in [9.17, 15) is 9.59 Å². The standard InChI is InChI=1S/C19H25ClN2O2S2/c20-16-2-1-15(26-16)10-25-11-18(24)22-21-17(23)9-19-6-12-3-13(7-19)5-14(4-12)8-19/h1-2,12-14H,3-11H2,(H,21,23)(H,22,24). The molecule has 0 spiro atoms. The van der Waals surface area contributed by atoms with E-state index in [0.717, 1.165) is 32.7 Å². The van der Waals surface area contributed by atoms with Gasteiger partial charge in [0.1, 0.15) is 0 Å². The minimum Gasteiger partial charge on any atom is -0.273 e. The lowest BCUT2D eigenvalue weighted by atomic mass is 9.49. The summed E-state index contributed by atoms with van der Waals surface area (Å²) in [5, 5.41) is 0. The maximum absolute atomic E-state index is 12.4. The van der Waals surface area contributed by atoms with E-state index in [1.165, 1.54) is 61.6 Å². The Bertz CT molecular complexity index is 656. The minimum atomic E-state index is -0.156. The van der Waals surface area contributed by atoms with Gasteiger partial charge in [0.05, 0.1) is 10.1 Å². The molecule has 4 aliphatic rings. The molecule has 0 radical (unpaired) electrons. The Kier molecular flexibility index (Phi) is 5.53. The van der Waals surface area contributed by atoms with Crippen LogP contribution in [0.25, 0.3) is 0 Å². The number of thiophene rings is 1. The van der Waals surface area contributed by atoms with Crippen molar-refractivity contribution in [2.45, 2.75) is 50.7 Å². The molecule has 0 aliphatic heterocycles. The van der Waals surface area contributed by atoms with Crippen molar-refractivity contribution < 1.29 is 9.59 Å². The molecule has 2 amide bonds. The second-order valence-corrected chi connectivity index (χ2v) is 11.2. The molecule has 5 rings (SSSR count). The van der Waals surface area contributed by atoms with Gasteiger partial charge in [-0.1, -0.05) is 11.6 Å². The van der Waals surface area contributed by atoms with E-state index < -0.39 is 0 Å². The van der Waals surface area contributed by atoms with Crippen molar-refractivity contribution in [2.75, 3.05) is 5.75 Å². The number of rotatable bonds is 6. The monoisotopic (exact) mass is 412 g/mol. The van der Waals surface area contributed by atoms with Crippen LogP contribution >= 0.6 is 34.7 Å². The van der Waals surface area contributed by atoms with Crippen LogP contribution in [-0.2, 0) is 15.3 Å². The zero-order valence-electron chi connectivity index (χ0n) is 14.8. The van der Waals surface area contributed by atoms with Crippen LogP contribution in [0.3, 0.4) is 0 Å². The van der Waals surface area contributed by atoms with Crippen molar-refractivity contribution in [3.63, 3.8) is 0 Å². The molecule has 4 fully saturated rings. The summed E-state index contributed by atoms with van der Waals surface area (Å²) in [7, 11) is 0. The topological polar surface area (TPSA) is 58.2 Å². The second kappa shape index (κ2) is 7.72. The molecular formula is C19H25ClN2O2S2. The maximum Gasteiger partial charge on any atom is 0.248 e. The normalized spacial score (nSPS) is 31.8. The van der Waals surface area contributed by atoms with Gasteiger partial charge in [0.25, 0.3) is 0 Å². The summed E-state index contributed by atoms with van der Waals surface area (Å²) < 4.78 is 0.766. The summed E-state index contributed by atoms with van der Waals surface area (Å²) in [6.07, 6.45) is 8.33. The third kappa shape index (κ3) is 4.39. The molecule has 0 unspecified atom stereocenters. The summed E-state index contributed by atoms with van der Waals surface area (Å²) in [6.45, 7) is 0. The van der Waals surface area contributed by atoms with Crippen LogP contribution in [-0.4, -0.2) is 17.6 Å². The summed E-state index contributed by atoms with van der Waals surface area (Å²) in [4.78, 5) is 25.5. The van der Waals surface area contributed by atoms with Crippen molar-refractivity contribution in [3.05, 3.63) is 21.3 Å². The van der Waals surface area contributed by atoms with Crippen LogP contribution in [0.1, 0.15) is 49.8 Å².